The number of carboxylic acid groups (broad SMARTS) is 1. The third-order valence-electron chi connectivity index (χ3n) is 16.4. The molecule has 20 N–H and O–H groups in total. The van der Waals surface area contributed by atoms with E-state index in [1.807, 2.05) is 24.3 Å². The van der Waals surface area contributed by atoms with Crippen LogP contribution in [0.1, 0.15) is 49.7 Å². The van der Waals surface area contributed by atoms with Crippen LogP contribution in [0.25, 0.3) is 0 Å². The number of halogens is 1. The van der Waals surface area contributed by atoms with E-state index in [2.05, 4.69) is 127 Å². The zero-order chi connectivity index (χ0) is 90.8. The minimum absolute atomic E-state index is 0.0300. The SMILES string of the molecule is NC(=O)COCC(=O)NCCOCCOCCOCCNC(=O)[C@@H]1CSCC(=O)N[C@@H](CCCCNC(=O)COCC(=O)NCCOCCOCCOCCOCCOCCNC(=O)CO/N=C/c2ccc(I)cc2)C(=O)N[C@@H](CS)C(=O)N[C@@H](CCCN=C(N)N)C(=O)NCC(=O)N[C@@H](CC(=O)O)C(=O)N[C@@H](CS)C(=O)N[C@@H](Cc2ccccc2)C(=O)N1. The number of carboxylic acids is 1. The van der Waals surface area contributed by atoms with Gasteiger partial charge in [-0.3, -0.25) is 76.9 Å². The fraction of sp³-hybridized carbons (Fsp3) is 0.613. The number of aliphatic carboxylic acids is 1. The summed E-state index contributed by atoms with van der Waals surface area (Å²) in [6, 6.07) is 5.10. The van der Waals surface area contributed by atoms with Crippen LogP contribution in [0, 0.1) is 3.57 Å². The van der Waals surface area contributed by atoms with E-state index in [9.17, 15) is 77.0 Å². The first-order valence-corrected chi connectivity index (χ1v) is 43.1. The van der Waals surface area contributed by atoms with Crippen LogP contribution < -0.4 is 86.3 Å². The quantitative estimate of drug-likeness (QED) is 0.00731. The highest BCUT2D eigenvalue weighted by Gasteiger charge is 2.34. The molecular weight excluding hydrogens is 1810 g/mol. The first-order chi connectivity index (χ1) is 59.8. The molecule has 7 atom stereocenters. The normalized spacial score (nSPS) is 17.9. The molecule has 3 rings (SSSR count). The fourth-order valence-corrected chi connectivity index (χ4v) is 12.0. The van der Waals surface area contributed by atoms with Gasteiger partial charge in [-0.05, 0) is 78.0 Å². The predicted octanol–water partition coefficient (Wildman–Crippen LogP) is -7.07. The Balaban J connectivity index is 1.62. The second kappa shape index (κ2) is 68.9. The number of nitrogens with two attached hydrogens (primary N) is 3. The van der Waals surface area contributed by atoms with E-state index in [-0.39, 0.29) is 167 Å². The Hall–Kier alpha value is -9.39. The van der Waals surface area contributed by atoms with E-state index in [0.717, 1.165) is 20.9 Å². The van der Waals surface area contributed by atoms with Crippen molar-refractivity contribution >= 4 is 160 Å². The van der Waals surface area contributed by atoms with Crippen LogP contribution in [0.2, 0.25) is 0 Å². The second-order valence-electron chi connectivity index (χ2n) is 26.5. The molecule has 1 fully saturated rings. The highest BCUT2D eigenvalue weighted by atomic mass is 127. The summed E-state index contributed by atoms with van der Waals surface area (Å²) in [6.45, 7) is 1.20. The molecule has 45 nitrogen and oxygen atoms in total. The van der Waals surface area contributed by atoms with Crippen molar-refractivity contribution in [2.24, 2.45) is 27.3 Å². The molecule has 1 saturated heterocycles. The molecule has 49 heteroatoms. The van der Waals surface area contributed by atoms with Crippen molar-refractivity contribution in [1.82, 2.24) is 69.1 Å². The minimum atomic E-state index is -1.88. The third kappa shape index (κ3) is 55.1. The van der Waals surface area contributed by atoms with Crippen molar-refractivity contribution in [3.63, 3.8) is 0 Å². The smallest absolute Gasteiger partial charge is 0.305 e. The van der Waals surface area contributed by atoms with E-state index in [1.165, 1.54) is 6.21 Å². The molecular formula is C75H117IN18O27S3. The molecule has 0 bridgehead atoms. The van der Waals surface area contributed by atoms with E-state index >= 15 is 0 Å². The van der Waals surface area contributed by atoms with Crippen molar-refractivity contribution in [3.8, 4) is 0 Å². The van der Waals surface area contributed by atoms with Crippen molar-refractivity contribution in [3.05, 3.63) is 69.3 Å². The Labute approximate surface area is 746 Å². The van der Waals surface area contributed by atoms with Gasteiger partial charge in [0.05, 0.1) is 131 Å². The van der Waals surface area contributed by atoms with Crippen LogP contribution in [0.3, 0.4) is 0 Å². The van der Waals surface area contributed by atoms with Gasteiger partial charge in [0.15, 0.2) is 12.6 Å². The van der Waals surface area contributed by atoms with Gasteiger partial charge in [0, 0.05) is 66.5 Å². The number of nitrogens with zero attached hydrogens (tertiary/aromatic N) is 2. The average Bonchev–Trinajstić information content (AvgIpc) is 0.926. The monoisotopic (exact) mass is 1920 g/mol. The highest BCUT2D eigenvalue weighted by Crippen LogP contribution is 2.12. The van der Waals surface area contributed by atoms with Crippen LogP contribution in [0.5, 0.6) is 0 Å². The fourth-order valence-electron chi connectivity index (χ4n) is 10.3. The number of aliphatic imine (C=N–C) groups is 1. The van der Waals surface area contributed by atoms with E-state index in [4.69, 9.17) is 69.4 Å². The average molecular weight is 1930 g/mol. The molecule has 1 heterocycles. The molecule has 0 radical (unpaired) electrons. The van der Waals surface area contributed by atoms with Gasteiger partial charge in [0.2, 0.25) is 76.8 Å². The summed E-state index contributed by atoms with van der Waals surface area (Å²) in [4.78, 5) is 207. The topological polar surface area (TPSA) is 637 Å². The maximum Gasteiger partial charge on any atom is 0.305 e. The summed E-state index contributed by atoms with van der Waals surface area (Å²) < 4.78 is 55.2. The molecule has 1 aliphatic rings. The first-order valence-electron chi connectivity index (χ1n) is 39.6. The predicted molar refractivity (Wildman–Crippen MR) is 463 cm³/mol. The standard InChI is InChI=1S/C75H117IN18O27S3/c76-52-13-11-51(12-14-52)39-87-121-45-65(100)83-19-23-113-27-31-117-34-36-118-35-33-116-30-26-112-22-18-82-64(99)44-120-43-62(97)80-15-5-4-9-54-70(106)92-57(46-122)73(109)90-53(10-6-16-85-75(78)79)68(104)86-40-61(96)89-56(38-67(102)103)72(108)93-58(47-123)74(110)91-55(37-50-7-2-1-3-8-50)71(107)94-59(48-124-49-66(101)88-54)69(105)84-20-24-114-28-32-115-29-25-111-21-17-81-63(98)42-119-41-60(77)95/h1-3,7-8,11-14,39,53-59,122-123H,4-6,9-10,15-38,40-49H2,(H2,77,95)(H,80,97)(H,81,98)(H,82,99)(H,83,100)(H,84,105)(H,86,104)(H,88,101)(H,89,96)(H,90,109)(H,91,110)(H,92,106)(H,93,108)(H,94,107)(H,102,103)(H4,78,79,85)/b87-39+/t53-,54-,55-,56-,57-,58-,59-/m0/s1. The van der Waals surface area contributed by atoms with Gasteiger partial charge in [-0.15, -0.1) is 11.8 Å². The maximum atomic E-state index is 14.6. The molecule has 694 valence electrons. The van der Waals surface area contributed by atoms with Crippen molar-refractivity contribution < 1.29 is 129 Å². The number of carbonyl (C=O) groups is 15. The largest absolute Gasteiger partial charge is 0.481 e. The summed E-state index contributed by atoms with van der Waals surface area (Å²) in [5.74, 6) is -14.7. The number of thiol groups is 2. The van der Waals surface area contributed by atoms with Crippen molar-refractivity contribution in [2.45, 2.75) is 87.2 Å². The van der Waals surface area contributed by atoms with Crippen LogP contribution in [0.4, 0.5) is 0 Å². The molecule has 0 saturated carbocycles. The number of primary amides is 1. The summed E-state index contributed by atoms with van der Waals surface area (Å²) in [6.07, 6.45) is 0.416. The van der Waals surface area contributed by atoms with Gasteiger partial charge in [0.25, 0.3) is 5.91 Å². The van der Waals surface area contributed by atoms with Crippen LogP contribution in [-0.2, 0) is 131 Å². The number of unbranched alkanes of at least 4 members (excludes halogenated alkanes) is 1. The summed E-state index contributed by atoms with van der Waals surface area (Å²) in [5, 5.41) is 46.6. The van der Waals surface area contributed by atoms with Gasteiger partial charge in [-0.2, -0.15) is 25.3 Å². The first kappa shape index (κ1) is 109. The number of ether oxygens (including phenoxy) is 10. The molecule has 0 unspecified atom stereocenters. The maximum absolute atomic E-state index is 14.6. The van der Waals surface area contributed by atoms with Gasteiger partial charge in [0.1, 0.15) is 68.7 Å². The Morgan fingerprint density at radius 2 is 0.895 bits per heavy atom. The summed E-state index contributed by atoms with van der Waals surface area (Å²) >= 11 is 11.6. The minimum Gasteiger partial charge on any atom is -0.481 e. The Morgan fingerprint density at radius 1 is 0.468 bits per heavy atom. The number of carbonyl (C=O) groups excluding carboxylic acids is 14. The number of benzene rings is 2. The van der Waals surface area contributed by atoms with Gasteiger partial charge < -0.3 is 144 Å². The number of guanidine groups is 1. The Morgan fingerprint density at radius 3 is 1.40 bits per heavy atom. The lowest BCUT2D eigenvalue weighted by atomic mass is 10.0. The number of amides is 14. The van der Waals surface area contributed by atoms with Crippen LogP contribution in [-0.4, -0.2) is 356 Å². The lowest BCUT2D eigenvalue weighted by molar-refractivity contribution is -0.141. The zero-order valence-corrected chi connectivity index (χ0v) is 73.5. The van der Waals surface area contributed by atoms with E-state index in [0.29, 0.717) is 58.4 Å². The van der Waals surface area contributed by atoms with E-state index < -0.39 is 169 Å². The lowest BCUT2D eigenvalue weighted by Crippen LogP contribution is -2.60. The summed E-state index contributed by atoms with van der Waals surface area (Å²) in [7, 11) is 0. The number of oxime groups is 1. The molecule has 1 aliphatic heterocycles. The molecule has 0 aromatic heterocycles. The van der Waals surface area contributed by atoms with Gasteiger partial charge in [-0.25, -0.2) is 0 Å². The van der Waals surface area contributed by atoms with Crippen molar-refractivity contribution in [1.29, 1.82) is 0 Å². The highest BCUT2D eigenvalue weighted by molar-refractivity contribution is 14.1. The van der Waals surface area contributed by atoms with E-state index in [1.54, 1.807) is 30.3 Å². The molecule has 2 aromatic carbocycles. The van der Waals surface area contributed by atoms with Gasteiger partial charge >= 0.3 is 5.97 Å². The molecule has 0 aliphatic carbocycles. The van der Waals surface area contributed by atoms with Crippen LogP contribution in [0.15, 0.2) is 64.7 Å². The number of hydrogen-bond donors (Lipinski definition) is 19. The third-order valence-corrected chi connectivity index (χ3v) is 18.9. The Bertz CT molecular complexity index is 3630. The van der Waals surface area contributed by atoms with Crippen LogP contribution >= 0.6 is 59.6 Å². The Kier molecular flexibility index (Phi) is 60.4. The molecule has 14 amide bonds. The molecule has 0 spiro atoms. The number of rotatable bonds is 58. The number of thioether (sulfide) groups is 1. The molecule has 124 heavy (non-hydrogen) atoms. The number of nitrogens with one attached hydrogen (secondary N) is 13. The molecule has 2 aromatic rings. The number of hydrogen-bond acceptors (Lipinski definition) is 31. The second-order valence-corrected chi connectivity index (χ2v) is 29.5. The zero-order valence-electron chi connectivity index (χ0n) is 68.8. The lowest BCUT2D eigenvalue weighted by Gasteiger charge is -2.26. The van der Waals surface area contributed by atoms with Crippen molar-refractivity contribution in [2.75, 3.05) is 208 Å². The van der Waals surface area contributed by atoms with Gasteiger partial charge in [-0.1, -0.05) is 47.6 Å². The summed E-state index contributed by atoms with van der Waals surface area (Å²) in [5.41, 5.74) is 17.3.